The van der Waals surface area contributed by atoms with Gasteiger partial charge in [0.25, 0.3) is 0 Å². The van der Waals surface area contributed by atoms with Crippen molar-refractivity contribution in [1.29, 1.82) is 0 Å². The van der Waals surface area contributed by atoms with Crippen molar-refractivity contribution >= 4 is 26.2 Å². The first-order chi connectivity index (χ1) is 0. The zero-order valence-electron chi connectivity index (χ0n) is 3.80. The molecule has 5 heavy (non-hydrogen) atoms. The zero-order chi connectivity index (χ0) is 0. The average Bonchev–Trinajstić information content (AvgIpc) is 0. The summed E-state index contributed by atoms with van der Waals surface area (Å²) >= 11 is 0. The number of rotatable bonds is 0. The Morgan fingerprint density at radius 2 is 1.20 bits per heavy atom. The van der Waals surface area contributed by atoms with Crippen molar-refractivity contribution in [2.24, 2.45) is 0 Å². The SMILES string of the molecule is [BiH3].[Co].[Cs+].[Fe].[H-].[Mo]. The number of hydrogen-bond donors (Lipinski definition) is 0. The second-order valence-electron chi connectivity index (χ2n) is 0. The summed E-state index contributed by atoms with van der Waals surface area (Å²) in [7, 11) is 0. The summed E-state index contributed by atoms with van der Waals surface area (Å²) < 4.78 is 0. The molecule has 0 atom stereocenters. The fraction of sp³-hybridized carbons (Fsp3) is 0. The molecule has 0 fully saturated rings. The third kappa shape index (κ3) is 17.7. The fourth-order valence-electron chi connectivity index (χ4n) is 0. The van der Waals surface area contributed by atoms with Gasteiger partial charge in [0.05, 0.1) is 0 Å². The molecule has 0 aromatic carbocycles. The molecule has 0 aliphatic rings. The average molecular weight is 557 g/mol. The van der Waals surface area contributed by atoms with Crippen molar-refractivity contribution in [3.63, 3.8) is 0 Å². The molecule has 0 aliphatic heterocycles. The largest absolute Gasteiger partial charge is 1.00 e. The summed E-state index contributed by atoms with van der Waals surface area (Å²) in [5, 5.41) is 0. The second kappa shape index (κ2) is 23.4. The number of hydrogen-bond acceptors (Lipinski definition) is 0. The Morgan fingerprint density at radius 1 is 1.20 bits per heavy atom. The standard InChI is InChI=1S/Bi.Co.Cs.Fe.Mo.4H/q;;+1;;;;;;-1. The Bertz CT molecular complexity index is 15.5. The summed E-state index contributed by atoms with van der Waals surface area (Å²) in [6.45, 7) is 0. The van der Waals surface area contributed by atoms with E-state index in [9.17, 15) is 0 Å². The van der Waals surface area contributed by atoms with Crippen molar-refractivity contribution in [3.05, 3.63) is 0 Å². The zero-order valence-corrected chi connectivity index (χ0v) is 18.7. The van der Waals surface area contributed by atoms with Gasteiger partial charge in [-0.05, 0) is 0 Å². The Balaban J connectivity index is 0. The molecule has 1 radical (unpaired) electrons. The van der Waals surface area contributed by atoms with Crippen LogP contribution in [0.15, 0.2) is 0 Å². The minimum atomic E-state index is 0. The minimum absolute atomic E-state index is 0. The normalized spacial score (nSPS) is 0. The molecule has 0 aromatic heterocycles. The molecule has 0 N–H and O–H groups in total. The minimum Gasteiger partial charge on any atom is -1.00 e. The van der Waals surface area contributed by atoms with E-state index in [1.165, 1.54) is 0 Å². The van der Waals surface area contributed by atoms with E-state index in [0.29, 0.717) is 0 Å². The monoisotopic (exact) mass is 559 g/mol. The molecule has 0 rings (SSSR count). The molecule has 0 amide bonds. The van der Waals surface area contributed by atoms with Gasteiger partial charge in [-0.3, -0.25) is 0 Å². The van der Waals surface area contributed by atoms with Gasteiger partial charge < -0.3 is 1.43 Å². The first-order valence-corrected chi connectivity index (χ1v) is 0. The van der Waals surface area contributed by atoms with E-state index in [-0.39, 0.29) is 151 Å². The fourth-order valence-corrected chi connectivity index (χ4v) is 0. The molecule has 5 heteroatoms. The van der Waals surface area contributed by atoms with Crippen LogP contribution < -0.4 is 68.9 Å². The van der Waals surface area contributed by atoms with Crippen LogP contribution >= 0.6 is 0 Å². The molecule has 0 aliphatic carbocycles. The van der Waals surface area contributed by atoms with Crippen LogP contribution in [-0.4, -0.2) is 26.2 Å². The maximum atomic E-state index is 0. The van der Waals surface area contributed by atoms with Gasteiger partial charge in [0, 0.05) is 54.9 Å². The van der Waals surface area contributed by atoms with Gasteiger partial charge in [-0.25, -0.2) is 0 Å². The molecule has 0 heterocycles. The topological polar surface area (TPSA) is 0 Å². The summed E-state index contributed by atoms with van der Waals surface area (Å²) in [6, 6.07) is 0. The molecule has 0 aromatic rings. The van der Waals surface area contributed by atoms with Crippen molar-refractivity contribution in [2.75, 3.05) is 0 Å². The van der Waals surface area contributed by atoms with Gasteiger partial charge in [-0.1, -0.05) is 0 Å². The van der Waals surface area contributed by atoms with Crippen LogP contribution in [0.4, 0.5) is 0 Å². The Kier molecular flexibility index (Phi) is 156. The van der Waals surface area contributed by atoms with Gasteiger partial charge in [-0.15, -0.1) is 0 Å². The van der Waals surface area contributed by atoms with E-state index in [0.717, 1.165) is 0 Å². The quantitative estimate of drug-likeness (QED) is 0.267. The van der Waals surface area contributed by atoms with E-state index in [4.69, 9.17) is 0 Å². The van der Waals surface area contributed by atoms with Crippen molar-refractivity contribution in [1.82, 2.24) is 0 Å². The molecule has 0 bridgehead atoms. The smallest absolute Gasteiger partial charge is 1.00 e. The second-order valence-corrected chi connectivity index (χ2v) is 0. The van der Waals surface area contributed by atoms with Crippen LogP contribution in [0, 0.1) is 0 Å². The summed E-state index contributed by atoms with van der Waals surface area (Å²) in [6.07, 6.45) is 0. The van der Waals surface area contributed by atoms with Crippen LogP contribution in [-0.2, 0) is 54.9 Å². The van der Waals surface area contributed by atoms with Gasteiger partial charge in [0.1, 0.15) is 0 Å². The third-order valence-electron chi connectivity index (χ3n) is 0. The van der Waals surface area contributed by atoms with E-state index < -0.39 is 0 Å². The van der Waals surface area contributed by atoms with Crippen molar-refractivity contribution in [2.45, 2.75) is 0 Å². The predicted octanol–water partition coefficient (Wildman–Crippen LogP) is -4.07. The Labute approximate surface area is 147 Å². The van der Waals surface area contributed by atoms with Gasteiger partial charge in [-0.2, -0.15) is 0 Å². The first kappa shape index (κ1) is 33.4. The summed E-state index contributed by atoms with van der Waals surface area (Å²) in [4.78, 5) is 0. The van der Waals surface area contributed by atoms with E-state index in [1.54, 1.807) is 0 Å². The molecule has 0 saturated heterocycles. The molecular weight excluding hydrogens is 553 g/mol. The van der Waals surface area contributed by atoms with Crippen LogP contribution in [0.25, 0.3) is 0 Å². The summed E-state index contributed by atoms with van der Waals surface area (Å²) in [5.41, 5.74) is 0. The first-order valence-electron chi connectivity index (χ1n) is 0. The molecule has 33 valence electrons. The van der Waals surface area contributed by atoms with Crippen LogP contribution in [0.5, 0.6) is 0 Å². The molecular formula is H4BiCoCsFeMo. The van der Waals surface area contributed by atoms with Crippen LogP contribution in [0.1, 0.15) is 1.43 Å². The van der Waals surface area contributed by atoms with Crippen molar-refractivity contribution < 1.29 is 125 Å². The van der Waals surface area contributed by atoms with Gasteiger partial charge >= 0.3 is 95.1 Å². The van der Waals surface area contributed by atoms with Crippen LogP contribution in [0.3, 0.4) is 0 Å². The summed E-state index contributed by atoms with van der Waals surface area (Å²) in [5.74, 6) is 0. The van der Waals surface area contributed by atoms with E-state index in [2.05, 4.69) is 0 Å². The van der Waals surface area contributed by atoms with E-state index >= 15 is 0 Å². The van der Waals surface area contributed by atoms with Crippen molar-refractivity contribution in [3.8, 4) is 0 Å². The molecule has 0 nitrogen and oxygen atoms in total. The van der Waals surface area contributed by atoms with Crippen LogP contribution in [0.2, 0.25) is 0 Å². The van der Waals surface area contributed by atoms with E-state index in [1.807, 2.05) is 0 Å². The molecule has 0 saturated carbocycles. The maximum Gasteiger partial charge on any atom is 1.00 e. The molecule has 0 spiro atoms. The Morgan fingerprint density at radius 3 is 1.20 bits per heavy atom. The predicted molar refractivity (Wildman–Crippen MR) is 11.1 cm³/mol. The maximum absolute atomic E-state index is 0. The molecule has 0 unspecified atom stereocenters. The Hall–Kier alpha value is 4.65. The third-order valence-corrected chi connectivity index (χ3v) is 0. The van der Waals surface area contributed by atoms with Gasteiger partial charge in [0.2, 0.25) is 0 Å². The van der Waals surface area contributed by atoms with Gasteiger partial charge in [0.15, 0.2) is 0 Å².